The molecule has 0 aliphatic carbocycles. The zero-order valence-corrected chi connectivity index (χ0v) is 16.8. The van der Waals surface area contributed by atoms with E-state index in [9.17, 15) is 4.79 Å². The van der Waals surface area contributed by atoms with Gasteiger partial charge in [-0.2, -0.15) is 0 Å². The highest BCUT2D eigenvalue weighted by Crippen LogP contribution is 2.25. The van der Waals surface area contributed by atoms with Crippen molar-refractivity contribution >= 4 is 5.91 Å². The van der Waals surface area contributed by atoms with Gasteiger partial charge in [0.25, 0.3) is 5.91 Å². The molecule has 4 rings (SSSR count). The Kier molecular flexibility index (Phi) is 5.99. The summed E-state index contributed by atoms with van der Waals surface area (Å²) < 4.78 is 5.34. The summed E-state index contributed by atoms with van der Waals surface area (Å²) in [6.45, 7) is 2.03. The summed E-state index contributed by atoms with van der Waals surface area (Å²) in [5.74, 6) is -0.0794. The molecule has 0 aliphatic heterocycles. The van der Waals surface area contributed by atoms with Crippen LogP contribution >= 0.6 is 0 Å². The molecule has 1 N–H and O–H groups in total. The van der Waals surface area contributed by atoms with Gasteiger partial charge < -0.3 is 9.84 Å². The van der Waals surface area contributed by atoms with Gasteiger partial charge >= 0.3 is 0 Å². The van der Waals surface area contributed by atoms with Crippen LogP contribution < -0.4 is 5.32 Å². The lowest BCUT2D eigenvalue weighted by Crippen LogP contribution is -2.29. The first-order chi connectivity index (χ1) is 14.7. The molecule has 30 heavy (non-hydrogen) atoms. The van der Waals surface area contributed by atoms with Crippen molar-refractivity contribution in [2.24, 2.45) is 0 Å². The van der Waals surface area contributed by atoms with Gasteiger partial charge in [0.1, 0.15) is 0 Å². The number of hydrogen-bond acceptors (Lipinski definition) is 4. The first-order valence-electron chi connectivity index (χ1n) is 9.96. The quantitative estimate of drug-likeness (QED) is 0.492. The van der Waals surface area contributed by atoms with Crippen molar-refractivity contribution < 1.29 is 9.32 Å². The van der Waals surface area contributed by atoms with Gasteiger partial charge in [-0.3, -0.25) is 9.78 Å². The number of pyridine rings is 1. The van der Waals surface area contributed by atoms with Gasteiger partial charge in [-0.25, -0.2) is 0 Å². The predicted octanol–water partition coefficient (Wildman–Crippen LogP) is 4.68. The SMILES string of the molecule is Cc1ccccc1[C@@H](NC(=O)c1cc(CCc2ccccc2)no1)c1ccncc1. The number of hydrogen-bond donors (Lipinski definition) is 1. The van der Waals surface area contributed by atoms with Crippen molar-refractivity contribution in [2.75, 3.05) is 0 Å². The Morgan fingerprint density at radius 3 is 2.47 bits per heavy atom. The summed E-state index contributed by atoms with van der Waals surface area (Å²) >= 11 is 0. The van der Waals surface area contributed by atoms with Gasteiger partial charge in [0, 0.05) is 18.5 Å². The zero-order valence-electron chi connectivity index (χ0n) is 16.8. The van der Waals surface area contributed by atoms with Gasteiger partial charge in [-0.15, -0.1) is 0 Å². The highest BCUT2D eigenvalue weighted by atomic mass is 16.5. The molecule has 0 saturated carbocycles. The molecule has 0 spiro atoms. The third-order valence-electron chi connectivity index (χ3n) is 5.11. The summed E-state index contributed by atoms with van der Waals surface area (Å²) in [4.78, 5) is 17.0. The van der Waals surface area contributed by atoms with Crippen molar-refractivity contribution in [3.05, 3.63) is 119 Å². The summed E-state index contributed by atoms with van der Waals surface area (Å²) in [5.41, 5.74) is 5.07. The van der Waals surface area contributed by atoms with E-state index in [4.69, 9.17) is 4.52 Å². The average Bonchev–Trinajstić information content (AvgIpc) is 3.27. The van der Waals surface area contributed by atoms with E-state index in [1.165, 1.54) is 5.56 Å². The van der Waals surface area contributed by atoms with E-state index in [-0.39, 0.29) is 17.7 Å². The Hall–Kier alpha value is -3.73. The molecule has 0 radical (unpaired) electrons. The summed E-state index contributed by atoms with van der Waals surface area (Å²) in [5, 5.41) is 7.17. The second-order valence-corrected chi connectivity index (χ2v) is 7.21. The molecule has 150 valence electrons. The van der Waals surface area contributed by atoms with Gasteiger partial charge in [-0.05, 0) is 54.2 Å². The maximum atomic E-state index is 12.9. The maximum Gasteiger partial charge on any atom is 0.290 e. The van der Waals surface area contributed by atoms with E-state index in [2.05, 4.69) is 27.6 Å². The number of carbonyl (C=O) groups excluding carboxylic acids is 1. The molecule has 0 fully saturated rings. The normalized spacial score (nSPS) is 11.8. The monoisotopic (exact) mass is 397 g/mol. The van der Waals surface area contributed by atoms with E-state index >= 15 is 0 Å². The Morgan fingerprint density at radius 1 is 0.967 bits per heavy atom. The second kappa shape index (κ2) is 9.18. The Morgan fingerprint density at radius 2 is 1.70 bits per heavy atom. The van der Waals surface area contributed by atoms with Gasteiger partial charge in [0.15, 0.2) is 0 Å². The number of amides is 1. The summed E-state index contributed by atoms with van der Waals surface area (Å²) in [6.07, 6.45) is 5.01. The van der Waals surface area contributed by atoms with Crippen molar-refractivity contribution in [1.29, 1.82) is 0 Å². The molecular weight excluding hydrogens is 374 g/mol. The number of aryl methyl sites for hydroxylation is 3. The Balaban J connectivity index is 1.50. The highest BCUT2D eigenvalue weighted by Gasteiger charge is 2.22. The van der Waals surface area contributed by atoms with Gasteiger partial charge in [0.05, 0.1) is 11.7 Å². The molecule has 2 heterocycles. The van der Waals surface area contributed by atoms with Crippen LogP contribution in [-0.4, -0.2) is 16.0 Å². The van der Waals surface area contributed by atoms with Crippen LogP contribution in [0.15, 0.2) is 89.7 Å². The number of benzene rings is 2. The van der Waals surface area contributed by atoms with Crippen LogP contribution in [0.1, 0.15) is 44.5 Å². The molecular formula is C25H23N3O2. The van der Waals surface area contributed by atoms with E-state index < -0.39 is 0 Å². The molecule has 1 amide bonds. The molecule has 0 bridgehead atoms. The standard InChI is InChI=1S/C25H23N3O2/c1-18-7-5-6-10-22(18)24(20-13-15-26-16-14-20)27-25(29)23-17-21(28-30-23)12-11-19-8-3-2-4-9-19/h2-10,13-17,24H,11-12H2,1H3,(H,27,29)/t24-/m0/s1. The predicted molar refractivity (Wildman–Crippen MR) is 115 cm³/mol. The molecule has 0 unspecified atom stereocenters. The fraction of sp³-hybridized carbons (Fsp3) is 0.160. The molecule has 5 heteroatoms. The van der Waals surface area contributed by atoms with Crippen molar-refractivity contribution in [3.63, 3.8) is 0 Å². The zero-order chi connectivity index (χ0) is 20.8. The topological polar surface area (TPSA) is 68.0 Å². The lowest BCUT2D eigenvalue weighted by molar-refractivity contribution is 0.0905. The highest BCUT2D eigenvalue weighted by molar-refractivity contribution is 5.92. The summed E-state index contributed by atoms with van der Waals surface area (Å²) in [6, 6.07) is 23.4. The molecule has 5 nitrogen and oxygen atoms in total. The van der Waals surface area contributed by atoms with Crippen molar-refractivity contribution in [2.45, 2.75) is 25.8 Å². The van der Waals surface area contributed by atoms with Crippen LogP contribution in [0.25, 0.3) is 0 Å². The van der Waals surface area contributed by atoms with Gasteiger partial charge in [0.2, 0.25) is 5.76 Å². The Labute approximate surface area is 175 Å². The Bertz CT molecular complexity index is 1110. The number of rotatable bonds is 7. The average molecular weight is 397 g/mol. The molecule has 4 aromatic rings. The fourth-order valence-electron chi connectivity index (χ4n) is 3.46. The number of nitrogens with one attached hydrogen (secondary N) is 1. The van der Waals surface area contributed by atoms with Crippen LogP contribution in [0.2, 0.25) is 0 Å². The first kappa shape index (κ1) is 19.6. The fourth-order valence-corrected chi connectivity index (χ4v) is 3.46. The molecule has 0 aliphatic rings. The van der Waals surface area contributed by atoms with Crippen LogP contribution in [0.5, 0.6) is 0 Å². The van der Waals surface area contributed by atoms with Crippen LogP contribution in [0.4, 0.5) is 0 Å². The maximum absolute atomic E-state index is 12.9. The first-order valence-corrected chi connectivity index (χ1v) is 9.96. The van der Waals surface area contributed by atoms with Crippen LogP contribution in [0.3, 0.4) is 0 Å². The number of carbonyl (C=O) groups is 1. The molecule has 2 aromatic heterocycles. The third-order valence-corrected chi connectivity index (χ3v) is 5.11. The third kappa shape index (κ3) is 4.63. The lowest BCUT2D eigenvalue weighted by atomic mass is 9.95. The second-order valence-electron chi connectivity index (χ2n) is 7.21. The minimum absolute atomic E-state index is 0.214. The largest absolute Gasteiger partial charge is 0.351 e. The van der Waals surface area contributed by atoms with Crippen LogP contribution in [-0.2, 0) is 12.8 Å². The lowest BCUT2D eigenvalue weighted by Gasteiger charge is -2.20. The van der Waals surface area contributed by atoms with E-state index in [1.54, 1.807) is 18.5 Å². The van der Waals surface area contributed by atoms with E-state index in [1.807, 2.05) is 61.5 Å². The summed E-state index contributed by atoms with van der Waals surface area (Å²) in [7, 11) is 0. The van der Waals surface area contributed by atoms with E-state index in [0.717, 1.165) is 28.8 Å². The smallest absolute Gasteiger partial charge is 0.290 e. The number of nitrogens with zero attached hydrogens (tertiary/aromatic N) is 2. The number of aromatic nitrogens is 2. The molecule has 1 atom stereocenters. The van der Waals surface area contributed by atoms with E-state index in [0.29, 0.717) is 6.42 Å². The minimum atomic E-state index is -0.306. The van der Waals surface area contributed by atoms with Crippen molar-refractivity contribution in [3.8, 4) is 0 Å². The van der Waals surface area contributed by atoms with Gasteiger partial charge in [-0.1, -0.05) is 59.8 Å². The minimum Gasteiger partial charge on any atom is -0.351 e. The van der Waals surface area contributed by atoms with Crippen molar-refractivity contribution in [1.82, 2.24) is 15.5 Å². The van der Waals surface area contributed by atoms with Crippen LogP contribution in [0, 0.1) is 6.92 Å². The molecule has 2 aromatic carbocycles. The molecule has 0 saturated heterocycles.